The summed E-state index contributed by atoms with van der Waals surface area (Å²) in [5.74, 6) is 0. The van der Waals surface area contributed by atoms with Gasteiger partial charge in [-0.05, 0) is 31.5 Å². The summed E-state index contributed by atoms with van der Waals surface area (Å²) in [6.07, 6.45) is 2.90. The standard InChI is InChI=1S/C13H17N3O2/c1-11(2)6-5-9-14-13-8-4-3-7-12(13)10-15(14)16(17)18/h3-4,6-8H,5,9-10H2,1-2H3. The fourth-order valence-electron chi connectivity index (χ4n) is 2.12. The minimum atomic E-state index is -0.345. The van der Waals surface area contributed by atoms with E-state index in [0.29, 0.717) is 13.1 Å². The number of allylic oxidation sites excluding steroid dienone is 1. The Hall–Kier alpha value is -2.04. The SMILES string of the molecule is CC(C)=CCCN1c2ccccc2CN1[N+](=O)[O-]. The van der Waals surface area contributed by atoms with Crippen molar-refractivity contribution in [1.82, 2.24) is 5.12 Å². The molecule has 1 aromatic rings. The highest BCUT2D eigenvalue weighted by Gasteiger charge is 2.33. The van der Waals surface area contributed by atoms with E-state index in [-0.39, 0.29) is 5.03 Å². The molecular formula is C13H17N3O2. The minimum absolute atomic E-state index is 0.345. The highest BCUT2D eigenvalue weighted by molar-refractivity contribution is 5.55. The van der Waals surface area contributed by atoms with Gasteiger partial charge in [-0.3, -0.25) is 0 Å². The van der Waals surface area contributed by atoms with Crippen LogP contribution in [0.4, 0.5) is 5.69 Å². The molecule has 96 valence electrons. The lowest BCUT2D eigenvalue weighted by molar-refractivity contribution is -0.660. The average molecular weight is 247 g/mol. The summed E-state index contributed by atoms with van der Waals surface area (Å²) in [6.45, 7) is 5.04. The zero-order chi connectivity index (χ0) is 13.1. The summed E-state index contributed by atoms with van der Waals surface area (Å²) in [6, 6.07) is 7.70. The van der Waals surface area contributed by atoms with Gasteiger partial charge < -0.3 is 0 Å². The van der Waals surface area contributed by atoms with E-state index in [1.807, 2.05) is 38.1 Å². The molecule has 0 N–H and O–H groups in total. The molecule has 1 heterocycles. The van der Waals surface area contributed by atoms with Crippen molar-refractivity contribution in [1.29, 1.82) is 0 Å². The topological polar surface area (TPSA) is 49.6 Å². The Balaban J connectivity index is 2.18. The molecule has 0 atom stereocenters. The predicted molar refractivity (Wildman–Crippen MR) is 70.4 cm³/mol. The molecule has 0 saturated heterocycles. The zero-order valence-corrected chi connectivity index (χ0v) is 10.7. The van der Waals surface area contributed by atoms with E-state index < -0.39 is 0 Å². The first-order chi connectivity index (χ1) is 8.59. The zero-order valence-electron chi connectivity index (χ0n) is 10.7. The summed E-state index contributed by atoms with van der Waals surface area (Å²) in [5.41, 5.74) is 3.18. The quantitative estimate of drug-likeness (QED) is 0.466. The van der Waals surface area contributed by atoms with Crippen LogP contribution in [0.15, 0.2) is 35.9 Å². The Kier molecular flexibility index (Phi) is 3.50. The molecule has 0 saturated carbocycles. The molecule has 0 aromatic heterocycles. The molecule has 1 aromatic carbocycles. The third-order valence-corrected chi connectivity index (χ3v) is 2.94. The van der Waals surface area contributed by atoms with E-state index in [1.54, 1.807) is 5.01 Å². The molecule has 2 rings (SSSR count). The maximum Gasteiger partial charge on any atom is 0.181 e. The van der Waals surface area contributed by atoms with Crippen LogP contribution in [0.1, 0.15) is 25.8 Å². The second kappa shape index (κ2) is 5.08. The lowest BCUT2D eigenvalue weighted by Crippen LogP contribution is -2.42. The molecule has 0 fully saturated rings. The van der Waals surface area contributed by atoms with Crippen molar-refractivity contribution in [2.45, 2.75) is 26.8 Å². The van der Waals surface area contributed by atoms with Crippen molar-refractivity contribution in [2.24, 2.45) is 0 Å². The number of nitro groups is 1. The minimum Gasteiger partial charge on any atom is -0.233 e. The van der Waals surface area contributed by atoms with Gasteiger partial charge >= 0.3 is 0 Å². The van der Waals surface area contributed by atoms with Crippen LogP contribution in [0.2, 0.25) is 0 Å². The Labute approximate surface area is 106 Å². The third kappa shape index (κ3) is 2.45. The molecule has 18 heavy (non-hydrogen) atoms. The summed E-state index contributed by atoms with van der Waals surface area (Å²) >= 11 is 0. The normalized spacial score (nSPS) is 13.4. The van der Waals surface area contributed by atoms with E-state index in [4.69, 9.17) is 0 Å². The van der Waals surface area contributed by atoms with E-state index in [1.165, 1.54) is 10.7 Å². The van der Waals surface area contributed by atoms with Gasteiger partial charge in [-0.1, -0.05) is 29.8 Å². The number of para-hydroxylation sites is 1. The van der Waals surface area contributed by atoms with Crippen LogP contribution >= 0.6 is 0 Å². The molecule has 5 nitrogen and oxygen atoms in total. The van der Waals surface area contributed by atoms with Crippen LogP contribution in [-0.4, -0.2) is 16.7 Å². The Morgan fingerprint density at radius 2 is 2.17 bits per heavy atom. The number of rotatable bonds is 4. The largest absolute Gasteiger partial charge is 0.233 e. The molecule has 0 spiro atoms. The van der Waals surface area contributed by atoms with Crippen molar-refractivity contribution in [2.75, 3.05) is 11.6 Å². The number of benzene rings is 1. The first-order valence-electron chi connectivity index (χ1n) is 6.00. The number of hydrogen-bond acceptors (Lipinski definition) is 3. The van der Waals surface area contributed by atoms with Crippen molar-refractivity contribution >= 4 is 5.69 Å². The number of anilines is 1. The van der Waals surface area contributed by atoms with Gasteiger partial charge in [0.15, 0.2) is 5.03 Å². The van der Waals surface area contributed by atoms with Gasteiger partial charge in [0.1, 0.15) is 6.54 Å². The number of fused-ring (bicyclic) bond motifs is 1. The molecule has 0 unspecified atom stereocenters. The monoisotopic (exact) mass is 247 g/mol. The maximum absolute atomic E-state index is 11.1. The smallest absolute Gasteiger partial charge is 0.181 e. The van der Waals surface area contributed by atoms with E-state index in [2.05, 4.69) is 6.08 Å². The van der Waals surface area contributed by atoms with Crippen LogP contribution < -0.4 is 5.01 Å². The highest BCUT2D eigenvalue weighted by atomic mass is 16.7. The number of hydrazine groups is 2. The number of hydrogen-bond donors (Lipinski definition) is 0. The van der Waals surface area contributed by atoms with Crippen molar-refractivity contribution < 1.29 is 5.03 Å². The van der Waals surface area contributed by atoms with E-state index >= 15 is 0 Å². The molecular weight excluding hydrogens is 230 g/mol. The van der Waals surface area contributed by atoms with Crippen LogP contribution in [0.5, 0.6) is 0 Å². The Morgan fingerprint density at radius 1 is 1.44 bits per heavy atom. The van der Waals surface area contributed by atoms with Gasteiger partial charge in [0.2, 0.25) is 0 Å². The van der Waals surface area contributed by atoms with Crippen LogP contribution in [0.3, 0.4) is 0 Å². The maximum atomic E-state index is 11.1. The molecule has 0 amide bonds. The van der Waals surface area contributed by atoms with Gasteiger partial charge in [-0.2, -0.15) is 0 Å². The van der Waals surface area contributed by atoms with Gasteiger partial charge in [-0.25, -0.2) is 15.1 Å². The fraction of sp³-hybridized carbons (Fsp3) is 0.385. The van der Waals surface area contributed by atoms with Crippen molar-refractivity contribution in [3.63, 3.8) is 0 Å². The molecule has 0 aliphatic carbocycles. The molecule has 0 radical (unpaired) electrons. The third-order valence-electron chi connectivity index (χ3n) is 2.94. The first-order valence-corrected chi connectivity index (χ1v) is 6.00. The fourth-order valence-corrected chi connectivity index (χ4v) is 2.12. The Morgan fingerprint density at radius 3 is 2.83 bits per heavy atom. The Bertz CT molecular complexity index is 481. The lowest BCUT2D eigenvalue weighted by atomic mass is 10.2. The summed E-state index contributed by atoms with van der Waals surface area (Å²) in [5, 5.41) is 13.6. The molecule has 5 heteroatoms. The summed E-state index contributed by atoms with van der Waals surface area (Å²) < 4.78 is 0. The average Bonchev–Trinajstić information content (AvgIpc) is 2.68. The summed E-state index contributed by atoms with van der Waals surface area (Å²) in [4.78, 5) is 11.1. The number of nitrogens with zero attached hydrogens (tertiary/aromatic N) is 3. The molecule has 0 bridgehead atoms. The van der Waals surface area contributed by atoms with Gasteiger partial charge in [0, 0.05) is 12.1 Å². The van der Waals surface area contributed by atoms with Gasteiger partial charge in [0.05, 0.1) is 5.69 Å². The second-order valence-corrected chi connectivity index (χ2v) is 4.59. The van der Waals surface area contributed by atoms with E-state index in [9.17, 15) is 10.1 Å². The predicted octanol–water partition coefficient (Wildman–Crippen LogP) is 2.77. The van der Waals surface area contributed by atoms with Crippen molar-refractivity contribution in [3.05, 3.63) is 51.6 Å². The highest BCUT2D eigenvalue weighted by Crippen LogP contribution is 2.30. The molecule has 1 aliphatic heterocycles. The van der Waals surface area contributed by atoms with Crippen LogP contribution in [0, 0.1) is 10.1 Å². The van der Waals surface area contributed by atoms with Gasteiger partial charge in [-0.15, -0.1) is 0 Å². The van der Waals surface area contributed by atoms with Gasteiger partial charge in [0.25, 0.3) is 0 Å². The first kappa shape index (κ1) is 12.4. The lowest BCUT2D eigenvalue weighted by Gasteiger charge is -2.22. The summed E-state index contributed by atoms with van der Waals surface area (Å²) in [7, 11) is 0. The van der Waals surface area contributed by atoms with Crippen molar-refractivity contribution in [3.8, 4) is 0 Å². The molecule has 1 aliphatic rings. The second-order valence-electron chi connectivity index (χ2n) is 4.59. The van der Waals surface area contributed by atoms with E-state index in [0.717, 1.165) is 17.7 Å². The van der Waals surface area contributed by atoms with Crippen LogP contribution in [0.25, 0.3) is 0 Å². The van der Waals surface area contributed by atoms with Crippen LogP contribution in [-0.2, 0) is 6.54 Å².